The molecule has 10 rings (SSSR count). The van der Waals surface area contributed by atoms with Crippen molar-refractivity contribution in [3.05, 3.63) is 176 Å². The average Bonchev–Trinajstić information content (AvgIpc) is 4.32. The lowest BCUT2D eigenvalue weighted by molar-refractivity contribution is -0.206. The molecule has 22 heteroatoms. The van der Waals surface area contributed by atoms with Crippen LogP contribution in [-0.4, -0.2) is 26.4 Å². The molecular formula is C55H42F16O6. The molecule has 0 N–H and O–H groups in total. The second-order valence-corrected chi connectivity index (χ2v) is 19.2. The van der Waals surface area contributed by atoms with Crippen LogP contribution in [0.5, 0.6) is 11.5 Å². The molecule has 2 saturated heterocycles. The van der Waals surface area contributed by atoms with E-state index >= 15 is 0 Å². The van der Waals surface area contributed by atoms with Gasteiger partial charge >= 0.3 is 12.2 Å². The van der Waals surface area contributed by atoms with Gasteiger partial charge < -0.3 is 28.4 Å². The average molecular weight is 1100 g/mol. The lowest BCUT2D eigenvalue weighted by atomic mass is 9.99. The Balaban J connectivity index is 0.000000188. The standard InChI is InChI=1S/C28H22F8O3.C27H20F8O3/c1-13-23(10-22(32)26(34)25(13)33)39-28(35,36)24-20(30)8-17(9-21(24)31)18-5-4-16(7-19(18)29)27-37-11-15(12-38-27)6-14-2-3-14;28-19-6-15(26-36-11-14(12-37-26)5-13-1-2-13)3-4-18(19)16-7-20(29)24(21(30)8-16)27(34,35)38-17-9-22(31)25(33)23(32)10-17/h4-5,7-10,14-15,27H,2-3,6,11-12H2,1H3;3-4,6-10,13-14,26H,1-2,5,11-12H2. The third kappa shape index (κ3) is 12.5. The molecule has 0 bridgehead atoms. The zero-order valence-electron chi connectivity index (χ0n) is 40.0. The van der Waals surface area contributed by atoms with Crippen LogP contribution in [0.2, 0.25) is 0 Å². The van der Waals surface area contributed by atoms with E-state index in [4.69, 9.17) is 18.9 Å². The van der Waals surface area contributed by atoms with Crippen molar-refractivity contribution in [1.29, 1.82) is 0 Å². The quantitative estimate of drug-likeness (QED) is 0.0800. The number of hydrogen-bond donors (Lipinski definition) is 0. The third-order valence-electron chi connectivity index (χ3n) is 13.3. The molecule has 0 radical (unpaired) electrons. The zero-order chi connectivity index (χ0) is 55.2. The highest BCUT2D eigenvalue weighted by Crippen LogP contribution is 2.43. The molecule has 77 heavy (non-hydrogen) atoms. The molecule has 4 fully saturated rings. The topological polar surface area (TPSA) is 55.4 Å². The fraction of sp³-hybridized carbons (Fsp3) is 0.345. The van der Waals surface area contributed by atoms with E-state index in [0.29, 0.717) is 73.7 Å². The van der Waals surface area contributed by atoms with E-state index in [0.717, 1.165) is 31.9 Å². The summed E-state index contributed by atoms with van der Waals surface area (Å²) in [7, 11) is 0. The van der Waals surface area contributed by atoms with Crippen LogP contribution in [0, 0.1) is 100 Å². The molecule has 6 nitrogen and oxygen atoms in total. The summed E-state index contributed by atoms with van der Waals surface area (Å²) < 4.78 is 259. The van der Waals surface area contributed by atoms with Gasteiger partial charge in [0.1, 0.15) is 57.5 Å². The highest BCUT2D eigenvalue weighted by Gasteiger charge is 2.44. The summed E-state index contributed by atoms with van der Waals surface area (Å²) in [5, 5.41) is 0. The second kappa shape index (κ2) is 22.2. The Morgan fingerprint density at radius 1 is 0.416 bits per heavy atom. The summed E-state index contributed by atoms with van der Waals surface area (Å²) in [6, 6.07) is 9.65. The number of alkyl halides is 4. The largest absolute Gasteiger partial charge is 0.432 e. The predicted octanol–water partition coefficient (Wildman–Crippen LogP) is 15.9. The molecule has 2 aliphatic carbocycles. The van der Waals surface area contributed by atoms with Crippen molar-refractivity contribution in [1.82, 2.24) is 0 Å². The van der Waals surface area contributed by atoms with E-state index in [2.05, 4.69) is 9.47 Å². The van der Waals surface area contributed by atoms with Crippen LogP contribution in [0.4, 0.5) is 70.2 Å². The Labute approximate surface area is 428 Å². The number of rotatable bonds is 14. The zero-order valence-corrected chi connectivity index (χ0v) is 40.0. The van der Waals surface area contributed by atoms with Crippen LogP contribution in [-0.2, 0) is 31.2 Å². The van der Waals surface area contributed by atoms with Gasteiger partial charge in [-0.25, -0.2) is 52.7 Å². The molecule has 2 saturated carbocycles. The molecule has 2 heterocycles. The minimum absolute atomic E-state index is 0.0977. The van der Waals surface area contributed by atoms with Crippen molar-refractivity contribution < 1.29 is 98.7 Å². The normalized spacial score (nSPS) is 19.9. The maximum Gasteiger partial charge on any atom is 0.432 e. The third-order valence-corrected chi connectivity index (χ3v) is 13.3. The van der Waals surface area contributed by atoms with Crippen LogP contribution in [0.15, 0.2) is 78.9 Å². The van der Waals surface area contributed by atoms with Crippen LogP contribution < -0.4 is 9.47 Å². The van der Waals surface area contributed by atoms with Gasteiger partial charge in [-0.1, -0.05) is 49.9 Å². The van der Waals surface area contributed by atoms with Gasteiger partial charge in [0.15, 0.2) is 47.5 Å². The number of hydrogen-bond acceptors (Lipinski definition) is 6. The molecule has 0 atom stereocenters. The number of halogens is 16. The first-order valence-electron chi connectivity index (χ1n) is 23.9. The summed E-state index contributed by atoms with van der Waals surface area (Å²) in [6.07, 6.45) is -4.32. The summed E-state index contributed by atoms with van der Waals surface area (Å²) in [4.78, 5) is 0. The Morgan fingerprint density at radius 3 is 1.17 bits per heavy atom. The van der Waals surface area contributed by atoms with Gasteiger partial charge in [-0.2, -0.15) is 17.6 Å². The SMILES string of the molecule is Cc1c(OC(F)(F)c2c(F)cc(-c3ccc(C4OCC(CC5CC5)CO4)cc3F)cc2F)cc(F)c(F)c1F.Fc1cc(C2OCC(CC3CC3)CO2)ccc1-c1cc(F)c(C(F)(F)Oc2cc(F)c(F)c(F)c2)c(F)c1. The lowest BCUT2D eigenvalue weighted by Crippen LogP contribution is -2.27. The Kier molecular flexibility index (Phi) is 16.0. The first kappa shape index (κ1) is 55.4. The minimum atomic E-state index is -4.76. The van der Waals surface area contributed by atoms with Crippen LogP contribution in [0.3, 0.4) is 0 Å². The molecular weight excluding hydrogens is 1060 g/mol. The van der Waals surface area contributed by atoms with E-state index in [1.165, 1.54) is 49.9 Å². The molecule has 6 aromatic carbocycles. The van der Waals surface area contributed by atoms with E-state index in [1.54, 1.807) is 0 Å². The van der Waals surface area contributed by atoms with Gasteiger partial charge in [0.2, 0.25) is 0 Å². The van der Waals surface area contributed by atoms with Crippen molar-refractivity contribution in [2.75, 3.05) is 26.4 Å². The van der Waals surface area contributed by atoms with E-state index in [-0.39, 0.29) is 41.2 Å². The fourth-order valence-electron chi connectivity index (χ4n) is 8.98. The van der Waals surface area contributed by atoms with E-state index in [1.807, 2.05) is 0 Å². The van der Waals surface area contributed by atoms with Gasteiger partial charge in [-0.15, -0.1) is 0 Å². The summed E-state index contributed by atoms with van der Waals surface area (Å²) in [5.41, 5.74) is -5.26. The van der Waals surface area contributed by atoms with Gasteiger partial charge in [0.25, 0.3) is 0 Å². The van der Waals surface area contributed by atoms with E-state index < -0.39 is 134 Å². The van der Waals surface area contributed by atoms with Gasteiger partial charge in [0.05, 0.1) is 26.4 Å². The molecule has 0 spiro atoms. The lowest BCUT2D eigenvalue weighted by Gasteiger charge is -2.29. The molecule has 6 aromatic rings. The number of benzene rings is 6. The first-order valence-corrected chi connectivity index (χ1v) is 23.9. The summed E-state index contributed by atoms with van der Waals surface area (Å²) in [5.74, 6) is -20.6. The Morgan fingerprint density at radius 2 is 0.792 bits per heavy atom. The Hall–Kier alpha value is -6.36. The van der Waals surface area contributed by atoms with E-state index in [9.17, 15) is 70.2 Å². The maximum absolute atomic E-state index is 15.0. The molecule has 0 unspecified atom stereocenters. The van der Waals surface area contributed by atoms with Gasteiger partial charge in [-0.05, 0) is 79.1 Å². The van der Waals surface area contributed by atoms with Crippen LogP contribution in [0.1, 0.15) is 78.9 Å². The smallest absolute Gasteiger partial charge is 0.429 e. The summed E-state index contributed by atoms with van der Waals surface area (Å²) >= 11 is 0. The highest BCUT2D eigenvalue weighted by molar-refractivity contribution is 5.66. The second-order valence-electron chi connectivity index (χ2n) is 19.2. The van der Waals surface area contributed by atoms with Crippen molar-refractivity contribution in [3.63, 3.8) is 0 Å². The van der Waals surface area contributed by atoms with Crippen molar-refractivity contribution >= 4 is 0 Å². The maximum atomic E-state index is 15.0. The monoisotopic (exact) mass is 1100 g/mol. The Bertz CT molecular complexity index is 3100. The van der Waals surface area contributed by atoms with Crippen LogP contribution >= 0.6 is 0 Å². The van der Waals surface area contributed by atoms with Crippen molar-refractivity contribution in [2.45, 2.75) is 70.2 Å². The molecule has 0 amide bonds. The summed E-state index contributed by atoms with van der Waals surface area (Å²) in [6.45, 7) is 2.64. The molecule has 0 aromatic heterocycles. The van der Waals surface area contributed by atoms with Gasteiger partial charge in [-0.3, -0.25) is 0 Å². The molecule has 2 aliphatic heterocycles. The first-order chi connectivity index (χ1) is 36.5. The molecule has 410 valence electrons. The predicted molar refractivity (Wildman–Crippen MR) is 241 cm³/mol. The minimum Gasteiger partial charge on any atom is -0.429 e. The van der Waals surface area contributed by atoms with Crippen LogP contribution in [0.25, 0.3) is 22.3 Å². The van der Waals surface area contributed by atoms with Crippen molar-refractivity contribution in [3.8, 4) is 33.8 Å². The molecule has 4 aliphatic rings. The number of ether oxygens (including phenoxy) is 6. The van der Waals surface area contributed by atoms with Gasteiger partial charge in [0, 0.05) is 57.9 Å². The highest BCUT2D eigenvalue weighted by atomic mass is 19.3. The fourth-order valence-corrected chi connectivity index (χ4v) is 8.98. The van der Waals surface area contributed by atoms with Crippen molar-refractivity contribution in [2.24, 2.45) is 23.7 Å².